The van der Waals surface area contributed by atoms with Crippen LogP contribution in [0.5, 0.6) is 0 Å². The first-order valence-electron chi connectivity index (χ1n) is 3.53. The molecule has 0 radical (unpaired) electrons. The van der Waals surface area contributed by atoms with E-state index in [9.17, 15) is 18.9 Å². The normalized spacial score (nSPS) is 10.6. The molecular weight excluding hydrogens is 262 g/mol. The molecule has 4 nitrogen and oxygen atoms in total. The lowest BCUT2D eigenvalue weighted by molar-refractivity contribution is -0.389. The van der Waals surface area contributed by atoms with Crippen molar-refractivity contribution in [2.45, 2.75) is 11.8 Å². The minimum atomic E-state index is -2.73. The summed E-state index contributed by atoms with van der Waals surface area (Å²) in [7, 11) is 0. The molecule has 0 bridgehead atoms. The Bertz CT molecular complexity index is 360. The Morgan fingerprint density at radius 1 is 1.64 bits per heavy atom. The molecule has 1 aromatic heterocycles. The number of hydrogen-bond donors (Lipinski definition) is 0. The minimum Gasteiger partial charge on any atom is -0.358 e. The second-order valence-corrected chi connectivity index (χ2v) is 2.99. The number of alkyl halides is 3. The van der Waals surface area contributed by atoms with E-state index < -0.39 is 17.2 Å². The zero-order chi connectivity index (χ0) is 10.7. The van der Waals surface area contributed by atoms with Gasteiger partial charge in [-0.25, -0.2) is 8.78 Å². The number of hydrogen-bond acceptors (Lipinski definition) is 3. The van der Waals surface area contributed by atoms with Gasteiger partial charge in [0.05, 0.1) is 0 Å². The highest BCUT2D eigenvalue weighted by Crippen LogP contribution is 2.26. The van der Waals surface area contributed by atoms with Gasteiger partial charge in [0.25, 0.3) is 6.43 Å². The van der Waals surface area contributed by atoms with E-state index in [1.54, 1.807) is 0 Å². The van der Waals surface area contributed by atoms with Crippen molar-refractivity contribution in [1.29, 1.82) is 0 Å². The summed E-state index contributed by atoms with van der Waals surface area (Å²) in [6.07, 6.45) is -1.65. The first kappa shape index (κ1) is 11.0. The largest absolute Gasteiger partial charge is 0.363 e. The molecular formula is C7H5BrF2N2O2. The molecule has 7 heteroatoms. The van der Waals surface area contributed by atoms with Gasteiger partial charge in [0.1, 0.15) is 6.20 Å². The van der Waals surface area contributed by atoms with Crippen molar-refractivity contribution in [3.8, 4) is 0 Å². The van der Waals surface area contributed by atoms with Crippen LogP contribution in [0.2, 0.25) is 0 Å². The van der Waals surface area contributed by atoms with Gasteiger partial charge in [0.15, 0.2) is 0 Å². The lowest BCUT2D eigenvalue weighted by atomic mass is 10.1. The molecule has 0 saturated carbocycles. The van der Waals surface area contributed by atoms with E-state index in [-0.39, 0.29) is 16.5 Å². The van der Waals surface area contributed by atoms with Crippen LogP contribution in [0.3, 0.4) is 0 Å². The predicted octanol–water partition coefficient (Wildman–Crippen LogP) is 2.82. The summed E-state index contributed by atoms with van der Waals surface area (Å²) in [4.78, 5) is 12.9. The van der Waals surface area contributed by atoms with Gasteiger partial charge in [-0.05, 0) is 9.91 Å². The third-order valence-electron chi connectivity index (χ3n) is 1.57. The lowest BCUT2D eigenvalue weighted by Gasteiger charge is -2.03. The summed E-state index contributed by atoms with van der Waals surface area (Å²) in [6.45, 7) is 0. The van der Waals surface area contributed by atoms with Crippen LogP contribution in [0, 0.1) is 10.1 Å². The zero-order valence-corrected chi connectivity index (χ0v) is 8.37. The molecule has 0 saturated heterocycles. The molecule has 1 rings (SSSR count). The van der Waals surface area contributed by atoms with Crippen molar-refractivity contribution >= 4 is 21.7 Å². The molecule has 0 N–H and O–H groups in total. The van der Waals surface area contributed by atoms with Crippen LogP contribution in [0.1, 0.15) is 17.6 Å². The summed E-state index contributed by atoms with van der Waals surface area (Å²) >= 11 is 3.00. The Labute approximate surface area is 86.2 Å². The smallest absolute Gasteiger partial charge is 0.358 e. The Hall–Kier alpha value is -1.11. The average Bonchev–Trinajstić information content (AvgIpc) is 2.16. The summed E-state index contributed by atoms with van der Waals surface area (Å²) in [5.41, 5.74) is -0.103. The first-order valence-corrected chi connectivity index (χ1v) is 4.65. The molecule has 0 aliphatic rings. The maximum absolute atomic E-state index is 12.4. The predicted molar refractivity (Wildman–Crippen MR) is 48.5 cm³/mol. The fourth-order valence-electron chi connectivity index (χ4n) is 0.902. The SMILES string of the molecule is O=[N+]([O-])c1cc(C(F)F)c(CBr)cn1. The topological polar surface area (TPSA) is 56.0 Å². The van der Waals surface area contributed by atoms with E-state index in [2.05, 4.69) is 20.9 Å². The van der Waals surface area contributed by atoms with Crippen LogP contribution in [0.4, 0.5) is 14.6 Å². The van der Waals surface area contributed by atoms with Crippen molar-refractivity contribution in [1.82, 2.24) is 4.98 Å². The molecule has 0 unspecified atom stereocenters. The third kappa shape index (κ3) is 2.22. The lowest BCUT2D eigenvalue weighted by Crippen LogP contribution is -1.98. The van der Waals surface area contributed by atoms with Crippen molar-refractivity contribution in [3.05, 3.63) is 33.5 Å². The Morgan fingerprint density at radius 3 is 2.71 bits per heavy atom. The zero-order valence-electron chi connectivity index (χ0n) is 6.78. The molecule has 0 aliphatic carbocycles. The minimum absolute atomic E-state index is 0.192. The maximum Gasteiger partial charge on any atom is 0.363 e. The van der Waals surface area contributed by atoms with Gasteiger partial charge in [-0.2, -0.15) is 0 Å². The monoisotopic (exact) mass is 266 g/mol. The number of nitro groups is 1. The number of aromatic nitrogens is 1. The van der Waals surface area contributed by atoms with E-state index in [4.69, 9.17) is 0 Å². The van der Waals surface area contributed by atoms with Crippen molar-refractivity contribution in [3.63, 3.8) is 0 Å². The standard InChI is InChI=1S/C7H5BrF2N2O2/c8-2-4-3-11-6(12(13)14)1-5(4)7(9)10/h1,3,7H,2H2. The summed E-state index contributed by atoms with van der Waals surface area (Å²) in [5.74, 6) is -0.565. The second-order valence-electron chi connectivity index (χ2n) is 2.43. The number of nitrogens with zero attached hydrogens (tertiary/aromatic N) is 2. The molecule has 1 heterocycles. The van der Waals surface area contributed by atoms with Crippen molar-refractivity contribution < 1.29 is 13.7 Å². The molecule has 0 aliphatic heterocycles. The van der Waals surface area contributed by atoms with E-state index in [1.165, 1.54) is 0 Å². The molecule has 0 amide bonds. The van der Waals surface area contributed by atoms with Gasteiger partial charge in [-0.15, -0.1) is 0 Å². The van der Waals surface area contributed by atoms with Crippen molar-refractivity contribution in [2.75, 3.05) is 0 Å². The quantitative estimate of drug-likeness (QED) is 0.480. The molecule has 76 valence electrons. The molecule has 0 aromatic carbocycles. The molecule has 0 fully saturated rings. The highest BCUT2D eigenvalue weighted by molar-refractivity contribution is 9.08. The van der Waals surface area contributed by atoms with Gasteiger partial charge in [-0.1, -0.05) is 15.9 Å². The van der Waals surface area contributed by atoms with Crippen LogP contribution in [0.25, 0.3) is 0 Å². The Kier molecular flexibility index (Phi) is 3.45. The second kappa shape index (κ2) is 4.41. The third-order valence-corrected chi connectivity index (χ3v) is 2.18. The number of pyridine rings is 1. The van der Waals surface area contributed by atoms with Crippen LogP contribution in [0.15, 0.2) is 12.3 Å². The molecule has 0 spiro atoms. The van der Waals surface area contributed by atoms with Gasteiger partial charge >= 0.3 is 5.82 Å². The first-order chi connectivity index (χ1) is 6.56. The number of rotatable bonds is 3. The summed E-state index contributed by atoms with van der Waals surface area (Å²) in [6, 6.07) is 0.793. The highest BCUT2D eigenvalue weighted by Gasteiger charge is 2.18. The molecule has 14 heavy (non-hydrogen) atoms. The Morgan fingerprint density at radius 2 is 2.29 bits per heavy atom. The fraction of sp³-hybridized carbons (Fsp3) is 0.286. The Balaban J connectivity index is 3.20. The van der Waals surface area contributed by atoms with E-state index in [0.717, 1.165) is 12.3 Å². The van der Waals surface area contributed by atoms with E-state index in [1.807, 2.05) is 0 Å². The van der Waals surface area contributed by atoms with Crippen LogP contribution < -0.4 is 0 Å². The molecule has 1 aromatic rings. The van der Waals surface area contributed by atoms with Crippen LogP contribution in [-0.2, 0) is 5.33 Å². The summed E-state index contributed by atoms with van der Waals surface area (Å²) < 4.78 is 24.8. The van der Waals surface area contributed by atoms with Crippen LogP contribution >= 0.6 is 15.9 Å². The van der Waals surface area contributed by atoms with Gasteiger partial charge < -0.3 is 10.1 Å². The van der Waals surface area contributed by atoms with E-state index in [0.29, 0.717) is 0 Å². The van der Waals surface area contributed by atoms with Crippen LogP contribution in [-0.4, -0.2) is 9.91 Å². The number of halogens is 3. The van der Waals surface area contributed by atoms with Gasteiger partial charge in [-0.3, -0.25) is 0 Å². The van der Waals surface area contributed by atoms with Crippen molar-refractivity contribution in [2.24, 2.45) is 0 Å². The maximum atomic E-state index is 12.4. The fourth-order valence-corrected chi connectivity index (χ4v) is 1.37. The highest BCUT2D eigenvalue weighted by atomic mass is 79.9. The van der Waals surface area contributed by atoms with Gasteiger partial charge in [0, 0.05) is 22.5 Å². The molecule has 0 atom stereocenters. The van der Waals surface area contributed by atoms with E-state index >= 15 is 0 Å². The van der Waals surface area contributed by atoms with Gasteiger partial charge in [0.2, 0.25) is 0 Å². The summed E-state index contributed by atoms with van der Waals surface area (Å²) in [5, 5.41) is 10.5. The average molecular weight is 267 g/mol.